The van der Waals surface area contributed by atoms with Gasteiger partial charge in [0.25, 0.3) is 5.91 Å². The summed E-state index contributed by atoms with van der Waals surface area (Å²) < 4.78 is 82.4. The highest BCUT2D eigenvalue weighted by Crippen LogP contribution is 2.37. The third kappa shape index (κ3) is 5.55. The number of rotatable bonds is 4. The summed E-state index contributed by atoms with van der Waals surface area (Å²) in [5.41, 5.74) is 3.25. The summed E-state index contributed by atoms with van der Waals surface area (Å²) in [4.78, 5) is 13.2. The molecule has 1 saturated heterocycles. The second-order valence-electron chi connectivity index (χ2n) is 5.64. The van der Waals surface area contributed by atoms with Crippen LogP contribution in [0.25, 0.3) is 0 Å². The van der Waals surface area contributed by atoms with Crippen LogP contribution in [0, 0.1) is 0 Å². The van der Waals surface area contributed by atoms with Gasteiger partial charge in [-0.1, -0.05) is 12.2 Å². The number of benzene rings is 1. The number of morpholine rings is 1. The average molecular weight is 428 g/mol. The van der Waals surface area contributed by atoms with E-state index in [0.29, 0.717) is 12.1 Å². The van der Waals surface area contributed by atoms with Crippen molar-refractivity contribution in [1.82, 2.24) is 4.90 Å². The van der Waals surface area contributed by atoms with E-state index in [2.05, 4.69) is 5.10 Å². The quantitative estimate of drug-likeness (QED) is 0.334. The van der Waals surface area contributed by atoms with Crippen molar-refractivity contribution in [3.63, 3.8) is 0 Å². The molecule has 13 heteroatoms. The van der Waals surface area contributed by atoms with Crippen LogP contribution in [0.4, 0.5) is 32.0 Å². The van der Waals surface area contributed by atoms with Crippen molar-refractivity contribution in [2.45, 2.75) is 12.4 Å². The second-order valence-corrected chi connectivity index (χ2v) is 6.08. The van der Waals surface area contributed by atoms with E-state index in [9.17, 15) is 31.1 Å². The number of alkyl halides is 6. The summed E-state index contributed by atoms with van der Waals surface area (Å²) in [6, 6.07) is 0.826. The van der Waals surface area contributed by atoms with Gasteiger partial charge in [-0.05, 0) is 18.2 Å². The number of nitrogens with zero attached hydrogens (tertiary/aromatic N) is 2. The number of hydrogen-bond acceptors (Lipinski definition) is 5. The molecule has 1 aromatic carbocycles. The molecule has 0 bridgehead atoms. The number of thiocarbonyl (C=S) groups is 1. The molecule has 0 spiro atoms. The smallest absolute Gasteiger partial charge is 0.388 e. The van der Waals surface area contributed by atoms with E-state index in [-0.39, 0.29) is 32.4 Å². The first kappa shape index (κ1) is 21.9. The van der Waals surface area contributed by atoms with Gasteiger partial charge in [-0.25, -0.2) is 0 Å². The van der Waals surface area contributed by atoms with Gasteiger partial charge in [-0.2, -0.15) is 31.4 Å². The lowest BCUT2D eigenvalue weighted by Crippen LogP contribution is -2.47. The molecule has 154 valence electrons. The minimum absolute atomic E-state index is 0.0255. The lowest BCUT2D eigenvalue weighted by atomic mass is 10.1. The molecule has 0 saturated carbocycles. The van der Waals surface area contributed by atoms with E-state index < -0.39 is 45.8 Å². The number of nitrogens with one attached hydrogen (secondary N) is 1. The van der Waals surface area contributed by atoms with Gasteiger partial charge in [0.2, 0.25) is 0 Å². The zero-order valence-electron chi connectivity index (χ0n) is 14.0. The molecule has 0 radical (unpaired) electrons. The van der Waals surface area contributed by atoms with Crippen molar-refractivity contribution >= 4 is 34.5 Å². The maximum atomic E-state index is 12.9. The van der Waals surface area contributed by atoms with Gasteiger partial charge in [0.15, 0.2) is 5.71 Å². The molecule has 0 unspecified atom stereocenters. The number of anilines is 1. The highest BCUT2D eigenvalue weighted by molar-refractivity contribution is 7.82. The summed E-state index contributed by atoms with van der Waals surface area (Å²) in [6.45, 7) is 0.934. The van der Waals surface area contributed by atoms with Crippen LogP contribution >= 0.6 is 12.2 Å². The van der Waals surface area contributed by atoms with Crippen LogP contribution in [-0.4, -0.2) is 47.8 Å². The third-order valence-electron chi connectivity index (χ3n) is 3.62. The zero-order valence-corrected chi connectivity index (χ0v) is 14.8. The summed E-state index contributed by atoms with van der Waals surface area (Å²) in [5.74, 6) is -0.716. The lowest BCUT2D eigenvalue weighted by Gasteiger charge is -2.27. The van der Waals surface area contributed by atoms with E-state index >= 15 is 0 Å². The molecular weight excluding hydrogens is 414 g/mol. The molecule has 6 nitrogen and oxygen atoms in total. The Balaban J connectivity index is 2.35. The summed E-state index contributed by atoms with van der Waals surface area (Å²) in [6.07, 6.45) is -10.0. The standard InChI is InChI=1S/C15H14F6N4O2S/c16-14(17,18)8-5-9(15(19,20)21)7-10(6-8)23-24-11(12(22)28)13(26)25-1-3-27-4-2-25/h5-7,23H,1-4H2,(H2,22,28)/b24-11+. The van der Waals surface area contributed by atoms with Gasteiger partial charge in [0, 0.05) is 13.1 Å². The molecule has 3 N–H and O–H groups in total. The van der Waals surface area contributed by atoms with Crippen molar-refractivity contribution in [3.05, 3.63) is 29.3 Å². The summed E-state index contributed by atoms with van der Waals surface area (Å²) >= 11 is 4.72. The predicted octanol–water partition coefficient (Wildman–Crippen LogP) is 2.64. The normalized spacial score (nSPS) is 16.1. The Bertz CT molecular complexity index is 755. The van der Waals surface area contributed by atoms with Crippen molar-refractivity contribution in [2.75, 3.05) is 31.7 Å². The minimum atomic E-state index is -5.02. The second kappa shape index (κ2) is 8.31. The highest BCUT2D eigenvalue weighted by atomic mass is 32.1. The minimum Gasteiger partial charge on any atom is -0.388 e. The van der Waals surface area contributed by atoms with Crippen LogP contribution < -0.4 is 11.2 Å². The number of amides is 1. The maximum Gasteiger partial charge on any atom is 0.416 e. The Kier molecular flexibility index (Phi) is 6.49. The number of ether oxygens (including phenoxy) is 1. The number of nitrogens with two attached hydrogens (primary N) is 1. The molecule has 0 aromatic heterocycles. The first-order valence-corrected chi connectivity index (χ1v) is 8.10. The Labute approximate surface area is 160 Å². The topological polar surface area (TPSA) is 79.9 Å². The van der Waals surface area contributed by atoms with Crippen molar-refractivity contribution in [1.29, 1.82) is 0 Å². The van der Waals surface area contributed by atoms with E-state index in [1.165, 1.54) is 4.90 Å². The number of halogens is 6. The number of carbonyl (C=O) groups is 1. The predicted molar refractivity (Wildman–Crippen MR) is 91.7 cm³/mol. The van der Waals surface area contributed by atoms with Crippen LogP contribution in [0.5, 0.6) is 0 Å². The Morgan fingerprint density at radius 3 is 2.00 bits per heavy atom. The summed E-state index contributed by atoms with van der Waals surface area (Å²) in [7, 11) is 0. The molecule has 0 aliphatic carbocycles. The SMILES string of the molecule is NC(=S)/C(=N\Nc1cc(C(F)(F)F)cc(C(F)(F)F)c1)C(=O)N1CCOCC1. The highest BCUT2D eigenvalue weighted by Gasteiger charge is 2.37. The van der Waals surface area contributed by atoms with Gasteiger partial charge in [0.05, 0.1) is 30.0 Å². The number of hydrogen-bond donors (Lipinski definition) is 2. The molecule has 28 heavy (non-hydrogen) atoms. The molecule has 1 amide bonds. The molecule has 1 fully saturated rings. The molecule has 1 aliphatic rings. The fraction of sp³-hybridized carbons (Fsp3) is 0.400. The van der Waals surface area contributed by atoms with Crippen molar-refractivity contribution in [2.24, 2.45) is 10.8 Å². The van der Waals surface area contributed by atoms with Crippen LogP contribution in [0.2, 0.25) is 0 Å². The fourth-order valence-electron chi connectivity index (χ4n) is 2.26. The van der Waals surface area contributed by atoms with Gasteiger partial charge in [-0.15, -0.1) is 0 Å². The van der Waals surface area contributed by atoms with Crippen LogP contribution in [0.15, 0.2) is 23.3 Å². The van der Waals surface area contributed by atoms with Crippen LogP contribution in [0.1, 0.15) is 11.1 Å². The molecular formula is C15H14F6N4O2S. The van der Waals surface area contributed by atoms with Gasteiger partial charge in [-0.3, -0.25) is 10.2 Å². The van der Waals surface area contributed by atoms with Crippen LogP contribution in [-0.2, 0) is 21.9 Å². The third-order valence-corrected chi connectivity index (χ3v) is 3.81. The first-order chi connectivity index (χ1) is 12.9. The first-order valence-electron chi connectivity index (χ1n) is 7.69. The van der Waals surface area contributed by atoms with E-state index in [0.717, 1.165) is 0 Å². The fourth-order valence-corrected chi connectivity index (χ4v) is 2.40. The van der Waals surface area contributed by atoms with E-state index in [1.54, 1.807) is 0 Å². The Morgan fingerprint density at radius 2 is 1.57 bits per heavy atom. The van der Waals surface area contributed by atoms with Gasteiger partial charge in [0.1, 0.15) is 4.99 Å². The molecule has 1 aromatic rings. The zero-order chi connectivity index (χ0) is 21.1. The lowest BCUT2D eigenvalue weighted by molar-refractivity contribution is -0.143. The average Bonchev–Trinajstić information content (AvgIpc) is 2.60. The van der Waals surface area contributed by atoms with Crippen molar-refractivity contribution in [3.8, 4) is 0 Å². The number of carbonyl (C=O) groups excluding carboxylic acids is 1. The Hall–Kier alpha value is -2.41. The Morgan fingerprint density at radius 1 is 1.07 bits per heavy atom. The van der Waals surface area contributed by atoms with Crippen LogP contribution in [0.3, 0.4) is 0 Å². The molecule has 1 heterocycles. The van der Waals surface area contributed by atoms with E-state index in [1.807, 2.05) is 5.43 Å². The maximum absolute atomic E-state index is 12.9. The number of hydrazone groups is 1. The van der Waals surface area contributed by atoms with Gasteiger partial charge >= 0.3 is 12.4 Å². The van der Waals surface area contributed by atoms with Gasteiger partial charge < -0.3 is 15.4 Å². The monoisotopic (exact) mass is 428 g/mol. The summed E-state index contributed by atoms with van der Waals surface area (Å²) in [5, 5.41) is 3.55. The molecule has 2 rings (SSSR count). The van der Waals surface area contributed by atoms with E-state index in [4.69, 9.17) is 22.7 Å². The largest absolute Gasteiger partial charge is 0.416 e. The molecule has 1 aliphatic heterocycles. The van der Waals surface area contributed by atoms with Crippen molar-refractivity contribution < 1.29 is 35.9 Å². The molecule has 0 atom stereocenters.